The van der Waals surface area contributed by atoms with Gasteiger partial charge in [-0.2, -0.15) is 13.2 Å². The summed E-state index contributed by atoms with van der Waals surface area (Å²) >= 11 is 0. The quantitative estimate of drug-likeness (QED) is 0.789. The van der Waals surface area contributed by atoms with Crippen molar-refractivity contribution in [1.82, 2.24) is 5.32 Å². The van der Waals surface area contributed by atoms with Gasteiger partial charge in [0.05, 0.1) is 5.92 Å². The number of hydrogen-bond acceptors (Lipinski definition) is 2. The molecule has 1 aliphatic carbocycles. The lowest BCUT2D eigenvalue weighted by molar-refractivity contribution is -0.195. The van der Waals surface area contributed by atoms with Crippen molar-refractivity contribution in [2.24, 2.45) is 17.6 Å². The monoisotopic (exact) mass is 252 g/mol. The summed E-state index contributed by atoms with van der Waals surface area (Å²) in [6.45, 7) is 3.01. The van der Waals surface area contributed by atoms with E-state index in [2.05, 4.69) is 5.32 Å². The number of halogens is 3. The van der Waals surface area contributed by atoms with E-state index in [4.69, 9.17) is 5.73 Å². The van der Waals surface area contributed by atoms with Crippen LogP contribution in [0.2, 0.25) is 0 Å². The first-order valence-corrected chi connectivity index (χ1v) is 6.45. The fourth-order valence-corrected chi connectivity index (χ4v) is 2.59. The first-order chi connectivity index (χ1) is 7.95. The molecule has 1 saturated carbocycles. The van der Waals surface area contributed by atoms with Crippen LogP contribution in [0.1, 0.15) is 39.0 Å². The lowest BCUT2D eigenvalue weighted by Crippen LogP contribution is -2.41. The molecule has 0 heterocycles. The molecule has 1 fully saturated rings. The molecule has 0 bridgehead atoms. The van der Waals surface area contributed by atoms with Crippen molar-refractivity contribution in [3.8, 4) is 0 Å². The van der Waals surface area contributed by atoms with Crippen LogP contribution in [0.15, 0.2) is 0 Å². The van der Waals surface area contributed by atoms with Crippen LogP contribution >= 0.6 is 0 Å². The molecule has 0 aromatic carbocycles. The van der Waals surface area contributed by atoms with Gasteiger partial charge in [-0.05, 0) is 45.2 Å². The minimum Gasteiger partial charge on any atom is -0.330 e. The summed E-state index contributed by atoms with van der Waals surface area (Å²) in [5, 5.41) is 3.18. The van der Waals surface area contributed by atoms with Crippen LogP contribution in [-0.2, 0) is 0 Å². The molecule has 17 heavy (non-hydrogen) atoms. The molecule has 2 nitrogen and oxygen atoms in total. The summed E-state index contributed by atoms with van der Waals surface area (Å²) in [4.78, 5) is 0. The Morgan fingerprint density at radius 1 is 1.29 bits per heavy atom. The molecule has 3 unspecified atom stereocenters. The molecule has 0 aliphatic heterocycles. The normalized spacial score (nSPS) is 28.1. The van der Waals surface area contributed by atoms with Gasteiger partial charge >= 0.3 is 6.18 Å². The van der Waals surface area contributed by atoms with Gasteiger partial charge in [-0.3, -0.25) is 0 Å². The molecule has 1 aliphatic rings. The first kappa shape index (κ1) is 14.8. The van der Waals surface area contributed by atoms with Crippen molar-refractivity contribution in [2.75, 3.05) is 13.1 Å². The Hall–Kier alpha value is -0.290. The highest BCUT2D eigenvalue weighted by molar-refractivity contribution is 4.82. The van der Waals surface area contributed by atoms with E-state index in [0.717, 1.165) is 12.8 Å². The molecule has 3 N–H and O–H groups in total. The van der Waals surface area contributed by atoms with Gasteiger partial charge in [0.1, 0.15) is 0 Å². The van der Waals surface area contributed by atoms with E-state index in [9.17, 15) is 13.2 Å². The van der Waals surface area contributed by atoms with Crippen molar-refractivity contribution in [3.63, 3.8) is 0 Å². The minimum absolute atomic E-state index is 0.204. The second-order valence-electron chi connectivity index (χ2n) is 5.08. The van der Waals surface area contributed by atoms with Crippen molar-refractivity contribution in [1.29, 1.82) is 0 Å². The van der Waals surface area contributed by atoms with E-state index in [0.29, 0.717) is 32.4 Å². The second-order valence-corrected chi connectivity index (χ2v) is 5.08. The van der Waals surface area contributed by atoms with Crippen molar-refractivity contribution in [2.45, 2.75) is 51.2 Å². The molecule has 0 saturated heterocycles. The molecule has 0 spiro atoms. The summed E-state index contributed by atoms with van der Waals surface area (Å²) in [6, 6.07) is 0.204. The summed E-state index contributed by atoms with van der Waals surface area (Å²) < 4.78 is 38.4. The van der Waals surface area contributed by atoms with Gasteiger partial charge < -0.3 is 11.1 Å². The molecule has 3 atom stereocenters. The first-order valence-electron chi connectivity index (χ1n) is 6.45. The standard InChI is InChI=1S/C12H23F3N2/c1-9(6-7-16)17-8-10-4-2-3-5-11(10)12(13,14)15/h9-11,17H,2-8,16H2,1H3. The molecule has 0 radical (unpaired) electrons. The largest absolute Gasteiger partial charge is 0.392 e. The Labute approximate surface area is 101 Å². The zero-order valence-corrected chi connectivity index (χ0v) is 10.4. The number of alkyl halides is 3. The number of hydrogen-bond donors (Lipinski definition) is 2. The third-order valence-corrected chi connectivity index (χ3v) is 3.66. The Morgan fingerprint density at radius 2 is 1.94 bits per heavy atom. The van der Waals surface area contributed by atoms with Crippen LogP contribution in [-0.4, -0.2) is 25.3 Å². The van der Waals surface area contributed by atoms with Crippen LogP contribution in [0.4, 0.5) is 13.2 Å². The van der Waals surface area contributed by atoms with Gasteiger partial charge in [-0.1, -0.05) is 12.8 Å². The number of nitrogens with two attached hydrogens (primary N) is 1. The molecule has 5 heteroatoms. The number of nitrogens with one attached hydrogen (secondary N) is 1. The fraction of sp³-hybridized carbons (Fsp3) is 1.00. The highest BCUT2D eigenvalue weighted by atomic mass is 19.4. The number of rotatable bonds is 5. The SMILES string of the molecule is CC(CCN)NCC1CCCCC1C(F)(F)F. The zero-order chi connectivity index (χ0) is 12.9. The molecule has 1 rings (SSSR count). The van der Waals surface area contributed by atoms with E-state index < -0.39 is 12.1 Å². The van der Waals surface area contributed by atoms with Gasteiger partial charge in [0.25, 0.3) is 0 Å². The summed E-state index contributed by atoms with van der Waals surface area (Å²) in [5.41, 5.74) is 5.41. The minimum atomic E-state index is -4.04. The highest BCUT2D eigenvalue weighted by Crippen LogP contribution is 2.41. The van der Waals surface area contributed by atoms with E-state index in [1.54, 1.807) is 0 Å². The van der Waals surface area contributed by atoms with Crippen molar-refractivity contribution >= 4 is 0 Å². The molecule has 0 amide bonds. The smallest absolute Gasteiger partial charge is 0.330 e. The maximum absolute atomic E-state index is 12.8. The molecule has 102 valence electrons. The molecule has 0 aromatic heterocycles. The average molecular weight is 252 g/mol. The van der Waals surface area contributed by atoms with E-state index >= 15 is 0 Å². The van der Waals surface area contributed by atoms with Crippen LogP contribution < -0.4 is 11.1 Å². The lowest BCUT2D eigenvalue weighted by Gasteiger charge is -2.33. The zero-order valence-electron chi connectivity index (χ0n) is 10.4. The Bertz CT molecular complexity index is 218. The van der Waals surface area contributed by atoms with E-state index in [1.165, 1.54) is 0 Å². The van der Waals surface area contributed by atoms with Crippen LogP contribution in [0.25, 0.3) is 0 Å². The van der Waals surface area contributed by atoms with Crippen LogP contribution in [0, 0.1) is 11.8 Å². The Balaban J connectivity index is 2.43. The maximum atomic E-state index is 12.8. The summed E-state index contributed by atoms with van der Waals surface area (Å²) in [5.74, 6) is -1.38. The third kappa shape index (κ3) is 4.84. The lowest BCUT2D eigenvalue weighted by atomic mass is 9.78. The van der Waals surface area contributed by atoms with Crippen LogP contribution in [0.5, 0.6) is 0 Å². The predicted molar refractivity (Wildman–Crippen MR) is 62.6 cm³/mol. The van der Waals surface area contributed by atoms with Crippen molar-refractivity contribution < 1.29 is 13.2 Å². The average Bonchev–Trinajstić information content (AvgIpc) is 2.26. The van der Waals surface area contributed by atoms with Gasteiger partial charge in [0, 0.05) is 6.04 Å². The van der Waals surface area contributed by atoms with E-state index in [1.807, 2.05) is 6.92 Å². The van der Waals surface area contributed by atoms with Gasteiger partial charge in [0.2, 0.25) is 0 Å². The van der Waals surface area contributed by atoms with Gasteiger partial charge in [-0.15, -0.1) is 0 Å². The molecular formula is C12H23F3N2. The van der Waals surface area contributed by atoms with E-state index in [-0.39, 0.29) is 12.0 Å². The predicted octanol–water partition coefficient (Wildman–Crippen LogP) is 2.68. The molecule has 0 aromatic rings. The Kier molecular flexibility index (Phi) is 5.73. The maximum Gasteiger partial charge on any atom is 0.392 e. The van der Waals surface area contributed by atoms with Crippen LogP contribution in [0.3, 0.4) is 0 Å². The van der Waals surface area contributed by atoms with Gasteiger partial charge in [-0.25, -0.2) is 0 Å². The summed E-state index contributed by atoms with van der Waals surface area (Å²) in [7, 11) is 0. The second kappa shape index (κ2) is 6.59. The molecular weight excluding hydrogens is 229 g/mol. The third-order valence-electron chi connectivity index (χ3n) is 3.66. The summed E-state index contributed by atoms with van der Waals surface area (Å²) in [6.07, 6.45) is -0.621. The Morgan fingerprint density at radius 3 is 2.53 bits per heavy atom. The van der Waals surface area contributed by atoms with Crippen molar-refractivity contribution in [3.05, 3.63) is 0 Å². The van der Waals surface area contributed by atoms with Gasteiger partial charge in [0.15, 0.2) is 0 Å². The highest BCUT2D eigenvalue weighted by Gasteiger charge is 2.45. The fourth-order valence-electron chi connectivity index (χ4n) is 2.59. The topological polar surface area (TPSA) is 38.0 Å².